The normalized spacial score (nSPS) is 11.0. The van der Waals surface area contributed by atoms with Crippen LogP contribution in [0.1, 0.15) is 12.5 Å². The van der Waals surface area contributed by atoms with E-state index in [1.54, 1.807) is 24.3 Å². The van der Waals surface area contributed by atoms with Crippen molar-refractivity contribution in [1.82, 2.24) is 9.97 Å². The second kappa shape index (κ2) is 8.28. The average molecular weight is 425 g/mol. The van der Waals surface area contributed by atoms with Gasteiger partial charge >= 0.3 is 0 Å². The number of rotatable bonds is 4. The Morgan fingerprint density at radius 1 is 0.700 bits per heavy atom. The predicted molar refractivity (Wildman–Crippen MR) is 113 cm³/mol. The first-order valence-electron chi connectivity index (χ1n) is 9.32. The van der Waals surface area contributed by atoms with Crippen molar-refractivity contribution < 1.29 is 13.2 Å². The molecule has 0 saturated carbocycles. The van der Waals surface area contributed by atoms with Gasteiger partial charge in [-0.1, -0.05) is 42.8 Å². The molecule has 150 valence electrons. The van der Waals surface area contributed by atoms with Crippen LogP contribution in [0.4, 0.5) is 13.2 Å². The van der Waals surface area contributed by atoms with Gasteiger partial charge in [-0.3, -0.25) is 0 Å². The number of benzene rings is 3. The Balaban J connectivity index is 1.64. The minimum atomic E-state index is -0.567. The van der Waals surface area contributed by atoms with Gasteiger partial charge in [0.2, 0.25) is 0 Å². The quantitative estimate of drug-likeness (QED) is 0.349. The minimum Gasteiger partial charge on any atom is -0.236 e. The fourth-order valence-corrected chi connectivity index (χ4v) is 3.30. The molecule has 2 nitrogen and oxygen atoms in total. The van der Waals surface area contributed by atoms with Crippen LogP contribution in [0.3, 0.4) is 0 Å². The third kappa shape index (κ3) is 3.94. The molecule has 0 aliphatic heterocycles. The summed E-state index contributed by atoms with van der Waals surface area (Å²) in [4.78, 5) is 8.41. The lowest BCUT2D eigenvalue weighted by atomic mass is 9.99. The maximum absolute atomic E-state index is 14.8. The van der Waals surface area contributed by atoms with Crippen LogP contribution >= 0.6 is 11.6 Å². The second-order valence-electron chi connectivity index (χ2n) is 6.79. The van der Waals surface area contributed by atoms with Crippen molar-refractivity contribution in [2.24, 2.45) is 0 Å². The molecule has 0 unspecified atom stereocenters. The maximum atomic E-state index is 14.8. The Morgan fingerprint density at radius 3 is 1.93 bits per heavy atom. The Morgan fingerprint density at radius 2 is 1.30 bits per heavy atom. The third-order valence-electron chi connectivity index (χ3n) is 4.86. The summed E-state index contributed by atoms with van der Waals surface area (Å²) in [7, 11) is 0. The molecule has 0 bridgehead atoms. The van der Waals surface area contributed by atoms with Gasteiger partial charge in [0.15, 0.2) is 5.82 Å². The molecule has 6 heteroatoms. The molecule has 0 aliphatic rings. The van der Waals surface area contributed by atoms with E-state index >= 15 is 0 Å². The number of halogens is 4. The molecule has 1 aromatic heterocycles. The summed E-state index contributed by atoms with van der Waals surface area (Å²) in [6.07, 6.45) is 3.65. The highest BCUT2D eigenvalue weighted by Crippen LogP contribution is 2.30. The van der Waals surface area contributed by atoms with Crippen LogP contribution in [0.15, 0.2) is 67.0 Å². The third-order valence-corrected chi connectivity index (χ3v) is 5.17. The molecule has 0 spiro atoms. The molecule has 0 aliphatic carbocycles. The van der Waals surface area contributed by atoms with E-state index in [4.69, 9.17) is 11.6 Å². The van der Waals surface area contributed by atoms with Gasteiger partial charge in [0, 0.05) is 34.6 Å². The van der Waals surface area contributed by atoms with Crippen molar-refractivity contribution >= 4 is 11.6 Å². The monoisotopic (exact) mass is 424 g/mol. The lowest BCUT2D eigenvalue weighted by Crippen LogP contribution is -1.94. The largest absolute Gasteiger partial charge is 0.236 e. The van der Waals surface area contributed by atoms with Crippen molar-refractivity contribution in [2.45, 2.75) is 13.3 Å². The van der Waals surface area contributed by atoms with Crippen LogP contribution in [0, 0.1) is 17.5 Å². The number of nitrogens with zero attached hydrogens (tertiary/aromatic N) is 2. The van der Waals surface area contributed by atoms with Gasteiger partial charge < -0.3 is 0 Å². The molecule has 0 N–H and O–H groups in total. The zero-order valence-electron chi connectivity index (χ0n) is 16.0. The molecule has 0 radical (unpaired) electrons. The van der Waals surface area contributed by atoms with Crippen LogP contribution in [0.5, 0.6) is 0 Å². The van der Waals surface area contributed by atoms with Gasteiger partial charge in [0.05, 0.1) is 5.02 Å². The fraction of sp³-hybridized carbons (Fsp3) is 0.0833. The number of hydrogen-bond acceptors (Lipinski definition) is 2. The Bertz CT molecular complexity index is 1220. The summed E-state index contributed by atoms with van der Waals surface area (Å²) in [5.74, 6) is -1.17. The van der Waals surface area contributed by atoms with Crippen LogP contribution in [-0.2, 0) is 6.42 Å². The zero-order chi connectivity index (χ0) is 21.3. The molecule has 0 amide bonds. The summed E-state index contributed by atoms with van der Waals surface area (Å²) in [5, 5.41) is 0.0123. The van der Waals surface area contributed by atoms with E-state index in [1.807, 2.05) is 13.0 Å². The average Bonchev–Trinajstić information content (AvgIpc) is 2.75. The van der Waals surface area contributed by atoms with Gasteiger partial charge in [0.1, 0.15) is 17.5 Å². The van der Waals surface area contributed by atoms with Crippen LogP contribution in [0.2, 0.25) is 5.02 Å². The Hall–Kier alpha value is -3.18. The van der Waals surface area contributed by atoms with Crippen LogP contribution in [0.25, 0.3) is 33.6 Å². The van der Waals surface area contributed by atoms with E-state index in [9.17, 15) is 13.2 Å². The molecule has 0 saturated heterocycles. The molecule has 4 rings (SSSR count). The Kier molecular flexibility index (Phi) is 5.55. The molecular formula is C24H16ClF3N2. The van der Waals surface area contributed by atoms with E-state index in [2.05, 4.69) is 9.97 Å². The summed E-state index contributed by atoms with van der Waals surface area (Å²) >= 11 is 5.69. The molecule has 1 heterocycles. The second-order valence-corrected chi connectivity index (χ2v) is 7.19. The molecule has 3 aromatic carbocycles. The number of aromatic nitrogens is 2. The lowest BCUT2D eigenvalue weighted by Gasteiger charge is -2.09. The van der Waals surface area contributed by atoms with E-state index in [0.717, 1.165) is 12.0 Å². The van der Waals surface area contributed by atoms with Crippen LogP contribution < -0.4 is 0 Å². The molecule has 30 heavy (non-hydrogen) atoms. The summed E-state index contributed by atoms with van der Waals surface area (Å²) < 4.78 is 42.8. The summed E-state index contributed by atoms with van der Waals surface area (Å²) in [6, 6.07) is 13.7. The summed E-state index contributed by atoms with van der Waals surface area (Å²) in [5.41, 5.74) is 2.88. The van der Waals surface area contributed by atoms with Gasteiger partial charge in [0.25, 0.3) is 0 Å². The molecule has 4 aromatic rings. The first kappa shape index (κ1) is 20.1. The minimum absolute atomic E-state index is 0.0123. The highest BCUT2D eigenvalue weighted by Gasteiger charge is 2.12. The van der Waals surface area contributed by atoms with Crippen molar-refractivity contribution in [3.05, 3.63) is 95.0 Å². The highest BCUT2D eigenvalue weighted by molar-refractivity contribution is 6.30. The van der Waals surface area contributed by atoms with Gasteiger partial charge in [-0.25, -0.2) is 23.1 Å². The topological polar surface area (TPSA) is 25.8 Å². The van der Waals surface area contributed by atoms with E-state index in [0.29, 0.717) is 28.1 Å². The molecular weight excluding hydrogens is 409 g/mol. The van der Waals surface area contributed by atoms with E-state index < -0.39 is 11.6 Å². The predicted octanol–water partition coefficient (Wildman–Crippen LogP) is 7.11. The highest BCUT2D eigenvalue weighted by atomic mass is 35.5. The first-order chi connectivity index (χ1) is 14.5. The molecule has 0 fully saturated rings. The SMILES string of the molecule is CCc1ccc(-c2ccc(-c3cnc(-c4ccc(Cl)c(F)c4)nc3)c(F)c2)c(F)c1. The van der Waals surface area contributed by atoms with Crippen molar-refractivity contribution in [1.29, 1.82) is 0 Å². The maximum Gasteiger partial charge on any atom is 0.159 e. The zero-order valence-corrected chi connectivity index (χ0v) is 16.7. The number of hydrogen-bond donors (Lipinski definition) is 0. The van der Waals surface area contributed by atoms with Gasteiger partial charge in [-0.15, -0.1) is 0 Å². The van der Waals surface area contributed by atoms with Gasteiger partial charge in [-0.05, 0) is 47.9 Å². The Labute approximate surface area is 177 Å². The summed E-state index contributed by atoms with van der Waals surface area (Å²) in [6.45, 7) is 1.94. The molecule has 0 atom stereocenters. The first-order valence-corrected chi connectivity index (χ1v) is 9.70. The number of aryl methyl sites for hydroxylation is 1. The van der Waals surface area contributed by atoms with E-state index in [1.165, 1.54) is 36.7 Å². The van der Waals surface area contributed by atoms with Gasteiger partial charge in [-0.2, -0.15) is 0 Å². The standard InChI is InChI=1S/C24H16ClF3N2/c1-2-14-3-6-18(21(26)9-14)15-4-7-19(22(27)10-15)17-12-29-24(30-13-17)16-5-8-20(25)23(28)11-16/h3-13H,2H2,1H3. The smallest absolute Gasteiger partial charge is 0.159 e. The van der Waals surface area contributed by atoms with Crippen molar-refractivity contribution in [3.8, 4) is 33.6 Å². The fourth-order valence-electron chi connectivity index (χ4n) is 3.18. The van der Waals surface area contributed by atoms with Crippen molar-refractivity contribution in [2.75, 3.05) is 0 Å². The van der Waals surface area contributed by atoms with Crippen LogP contribution in [-0.4, -0.2) is 9.97 Å². The van der Waals surface area contributed by atoms with Crippen molar-refractivity contribution in [3.63, 3.8) is 0 Å². The van der Waals surface area contributed by atoms with E-state index in [-0.39, 0.29) is 16.4 Å². The lowest BCUT2D eigenvalue weighted by molar-refractivity contribution is 0.625.